The van der Waals surface area contributed by atoms with Crippen molar-refractivity contribution < 1.29 is 19.8 Å². The van der Waals surface area contributed by atoms with E-state index in [1.54, 1.807) is 0 Å². The Kier molecular flexibility index (Phi) is 3.41. The van der Waals surface area contributed by atoms with Crippen LogP contribution < -0.4 is 5.32 Å². The van der Waals surface area contributed by atoms with Gasteiger partial charge in [0, 0.05) is 16.6 Å². The van der Waals surface area contributed by atoms with Crippen LogP contribution in [0.2, 0.25) is 0 Å². The number of carboxylic acid groups (broad SMARTS) is 2. The van der Waals surface area contributed by atoms with E-state index in [9.17, 15) is 9.59 Å². The number of benzene rings is 1. The molecule has 1 atom stereocenters. The Labute approximate surface area is 109 Å². The fourth-order valence-corrected chi connectivity index (χ4v) is 2.01. The number of anilines is 1. The van der Waals surface area contributed by atoms with Gasteiger partial charge in [0.25, 0.3) is 0 Å². The number of H-pyrrole nitrogens is 1. The molecule has 0 amide bonds. The van der Waals surface area contributed by atoms with Gasteiger partial charge in [-0.2, -0.15) is 0 Å². The summed E-state index contributed by atoms with van der Waals surface area (Å²) in [6, 6.07) is 6.28. The van der Waals surface area contributed by atoms with Gasteiger partial charge in [0.1, 0.15) is 6.04 Å². The second-order valence-electron chi connectivity index (χ2n) is 4.30. The SMILES string of the molecule is Cc1[nH]c2ccccc2c1NC(CC(=O)O)C(=O)O. The van der Waals surface area contributed by atoms with Crippen LogP contribution in [0, 0.1) is 6.92 Å². The van der Waals surface area contributed by atoms with Crippen molar-refractivity contribution in [1.82, 2.24) is 4.98 Å². The number of carbonyl (C=O) groups is 2. The number of aryl methyl sites for hydroxylation is 1. The molecular formula is C13H14N2O4. The number of hydrogen-bond acceptors (Lipinski definition) is 3. The van der Waals surface area contributed by atoms with E-state index < -0.39 is 24.4 Å². The van der Waals surface area contributed by atoms with Crippen LogP contribution in [-0.4, -0.2) is 33.2 Å². The Morgan fingerprint density at radius 3 is 2.63 bits per heavy atom. The third kappa shape index (κ3) is 2.67. The third-order valence-corrected chi connectivity index (χ3v) is 2.89. The quantitative estimate of drug-likeness (QED) is 0.658. The smallest absolute Gasteiger partial charge is 0.326 e. The normalized spacial score (nSPS) is 12.3. The summed E-state index contributed by atoms with van der Waals surface area (Å²) in [4.78, 5) is 24.9. The molecular weight excluding hydrogens is 248 g/mol. The van der Waals surface area contributed by atoms with Crippen molar-refractivity contribution in [2.75, 3.05) is 5.32 Å². The number of nitrogens with one attached hydrogen (secondary N) is 2. The van der Waals surface area contributed by atoms with Gasteiger partial charge in [0.2, 0.25) is 0 Å². The minimum absolute atomic E-state index is 0.478. The fourth-order valence-electron chi connectivity index (χ4n) is 2.01. The molecule has 0 aliphatic rings. The van der Waals surface area contributed by atoms with Crippen LogP contribution in [0.5, 0.6) is 0 Å². The highest BCUT2D eigenvalue weighted by molar-refractivity contribution is 5.96. The molecule has 6 nitrogen and oxygen atoms in total. The van der Waals surface area contributed by atoms with Gasteiger partial charge in [-0.1, -0.05) is 18.2 Å². The number of fused-ring (bicyclic) bond motifs is 1. The Hall–Kier alpha value is -2.50. The molecule has 0 saturated carbocycles. The minimum atomic E-state index is -1.19. The first-order chi connectivity index (χ1) is 8.99. The predicted molar refractivity (Wildman–Crippen MR) is 70.3 cm³/mol. The van der Waals surface area contributed by atoms with Crippen molar-refractivity contribution in [3.05, 3.63) is 30.0 Å². The topological polar surface area (TPSA) is 102 Å². The molecule has 19 heavy (non-hydrogen) atoms. The van der Waals surface area contributed by atoms with E-state index in [0.717, 1.165) is 16.6 Å². The van der Waals surface area contributed by atoms with E-state index in [-0.39, 0.29) is 0 Å². The van der Waals surface area contributed by atoms with Gasteiger partial charge in [0.05, 0.1) is 12.1 Å². The Morgan fingerprint density at radius 2 is 2.00 bits per heavy atom. The molecule has 4 N–H and O–H groups in total. The zero-order valence-corrected chi connectivity index (χ0v) is 10.3. The first-order valence-corrected chi connectivity index (χ1v) is 5.77. The zero-order valence-electron chi connectivity index (χ0n) is 10.3. The highest BCUT2D eigenvalue weighted by Gasteiger charge is 2.22. The molecule has 1 aromatic heterocycles. The second-order valence-corrected chi connectivity index (χ2v) is 4.30. The number of hydrogen-bond donors (Lipinski definition) is 4. The fraction of sp³-hybridized carbons (Fsp3) is 0.231. The molecule has 0 aliphatic heterocycles. The van der Waals surface area contributed by atoms with E-state index >= 15 is 0 Å². The van der Waals surface area contributed by atoms with E-state index in [2.05, 4.69) is 10.3 Å². The van der Waals surface area contributed by atoms with E-state index in [1.165, 1.54) is 0 Å². The molecule has 2 rings (SSSR count). The van der Waals surface area contributed by atoms with Crippen molar-refractivity contribution >= 4 is 28.5 Å². The van der Waals surface area contributed by atoms with Crippen LogP contribution in [0.25, 0.3) is 10.9 Å². The molecule has 0 radical (unpaired) electrons. The molecule has 0 spiro atoms. The van der Waals surface area contributed by atoms with Crippen molar-refractivity contribution in [2.24, 2.45) is 0 Å². The first kappa shape index (κ1) is 12.9. The summed E-state index contributed by atoms with van der Waals surface area (Å²) in [5.74, 6) is -2.34. The molecule has 1 aromatic carbocycles. The number of rotatable bonds is 5. The van der Waals surface area contributed by atoms with Crippen LogP contribution in [0.15, 0.2) is 24.3 Å². The van der Waals surface area contributed by atoms with Gasteiger partial charge in [-0.3, -0.25) is 4.79 Å². The molecule has 100 valence electrons. The molecule has 6 heteroatoms. The molecule has 0 saturated heterocycles. The number of aromatic nitrogens is 1. The molecule has 1 unspecified atom stereocenters. The zero-order chi connectivity index (χ0) is 14.0. The summed E-state index contributed by atoms with van der Waals surface area (Å²) >= 11 is 0. The number of carboxylic acids is 2. The van der Waals surface area contributed by atoms with Gasteiger partial charge < -0.3 is 20.5 Å². The number of aromatic amines is 1. The monoisotopic (exact) mass is 262 g/mol. The van der Waals surface area contributed by atoms with Gasteiger partial charge >= 0.3 is 11.9 Å². The molecule has 0 aliphatic carbocycles. The average Bonchev–Trinajstić information content (AvgIpc) is 2.64. The summed E-state index contributed by atoms with van der Waals surface area (Å²) in [6.45, 7) is 1.81. The summed E-state index contributed by atoms with van der Waals surface area (Å²) in [5, 5.41) is 21.4. The second kappa shape index (κ2) is 5.01. The van der Waals surface area contributed by atoms with Crippen LogP contribution >= 0.6 is 0 Å². The minimum Gasteiger partial charge on any atom is -0.481 e. The highest BCUT2D eigenvalue weighted by atomic mass is 16.4. The van der Waals surface area contributed by atoms with Crippen LogP contribution in [-0.2, 0) is 9.59 Å². The number of para-hydroxylation sites is 1. The first-order valence-electron chi connectivity index (χ1n) is 5.77. The van der Waals surface area contributed by atoms with Gasteiger partial charge in [0.15, 0.2) is 0 Å². The van der Waals surface area contributed by atoms with E-state index in [1.807, 2.05) is 31.2 Å². The van der Waals surface area contributed by atoms with Crippen molar-refractivity contribution in [3.8, 4) is 0 Å². The van der Waals surface area contributed by atoms with Crippen LogP contribution in [0.1, 0.15) is 12.1 Å². The molecule has 0 fully saturated rings. The lowest BCUT2D eigenvalue weighted by Gasteiger charge is -2.13. The largest absolute Gasteiger partial charge is 0.481 e. The Morgan fingerprint density at radius 1 is 1.32 bits per heavy atom. The number of aliphatic carboxylic acids is 2. The lowest BCUT2D eigenvalue weighted by atomic mass is 10.1. The standard InChI is InChI=1S/C13H14N2O4/c1-7-12(8-4-2-3-5-9(8)14-7)15-10(13(18)19)6-11(16)17/h2-5,10,14-15H,6H2,1H3,(H,16,17)(H,18,19). The van der Waals surface area contributed by atoms with Gasteiger partial charge in [-0.05, 0) is 13.0 Å². The summed E-state index contributed by atoms with van der Waals surface area (Å²) < 4.78 is 0. The lowest BCUT2D eigenvalue weighted by molar-refractivity contribution is -0.144. The van der Waals surface area contributed by atoms with E-state index in [4.69, 9.17) is 10.2 Å². The van der Waals surface area contributed by atoms with Crippen molar-refractivity contribution in [2.45, 2.75) is 19.4 Å². The maximum absolute atomic E-state index is 11.1. The Balaban J connectivity index is 2.35. The predicted octanol–water partition coefficient (Wildman–Crippen LogP) is 1.82. The molecule has 1 heterocycles. The van der Waals surface area contributed by atoms with Crippen LogP contribution in [0.4, 0.5) is 5.69 Å². The third-order valence-electron chi connectivity index (χ3n) is 2.89. The Bertz CT molecular complexity index is 633. The molecule has 2 aromatic rings. The lowest BCUT2D eigenvalue weighted by Crippen LogP contribution is -2.31. The van der Waals surface area contributed by atoms with Gasteiger partial charge in [-0.15, -0.1) is 0 Å². The van der Waals surface area contributed by atoms with E-state index in [0.29, 0.717) is 5.69 Å². The van der Waals surface area contributed by atoms with Crippen LogP contribution in [0.3, 0.4) is 0 Å². The highest BCUT2D eigenvalue weighted by Crippen LogP contribution is 2.27. The maximum atomic E-state index is 11.1. The van der Waals surface area contributed by atoms with Gasteiger partial charge in [-0.25, -0.2) is 4.79 Å². The summed E-state index contributed by atoms with van der Waals surface area (Å²) in [6.07, 6.45) is -0.478. The average molecular weight is 262 g/mol. The summed E-state index contributed by atoms with van der Waals surface area (Å²) in [5.41, 5.74) is 2.28. The maximum Gasteiger partial charge on any atom is 0.326 e. The van der Waals surface area contributed by atoms with Crippen molar-refractivity contribution in [3.63, 3.8) is 0 Å². The van der Waals surface area contributed by atoms with Crippen molar-refractivity contribution in [1.29, 1.82) is 0 Å². The molecule has 0 bridgehead atoms. The summed E-state index contributed by atoms with van der Waals surface area (Å²) in [7, 11) is 0.